The van der Waals surface area contributed by atoms with Crippen LogP contribution in [0.4, 0.5) is 16.3 Å². The average Bonchev–Trinajstić information content (AvgIpc) is 3.41. The second kappa shape index (κ2) is 8.08. The molecule has 2 aromatic heterocycles. The maximum absolute atomic E-state index is 13.1. The highest BCUT2D eigenvalue weighted by atomic mass is 32.2. The molecular formula is C20H23N7O3S. The highest BCUT2D eigenvalue weighted by Crippen LogP contribution is 2.27. The summed E-state index contributed by atoms with van der Waals surface area (Å²) >= 11 is 0. The second-order valence-corrected chi connectivity index (χ2v) is 9.21. The van der Waals surface area contributed by atoms with Crippen molar-refractivity contribution in [2.75, 3.05) is 29.9 Å². The molecule has 0 bridgehead atoms. The maximum Gasteiger partial charge on any atom is 0.330 e. The molecule has 2 amide bonds. The van der Waals surface area contributed by atoms with Crippen molar-refractivity contribution in [3.8, 4) is 11.5 Å². The lowest BCUT2D eigenvalue weighted by Gasteiger charge is -2.19. The van der Waals surface area contributed by atoms with Gasteiger partial charge in [0.2, 0.25) is 10.0 Å². The minimum atomic E-state index is -3.53. The van der Waals surface area contributed by atoms with Gasteiger partial charge in [-0.1, -0.05) is 6.07 Å². The molecular weight excluding hydrogens is 418 g/mol. The van der Waals surface area contributed by atoms with Crippen LogP contribution in [0, 0.1) is 0 Å². The Kier molecular flexibility index (Phi) is 5.46. The lowest BCUT2D eigenvalue weighted by molar-refractivity contribution is 0.255. The van der Waals surface area contributed by atoms with Gasteiger partial charge < -0.3 is 4.57 Å². The summed E-state index contributed by atoms with van der Waals surface area (Å²) in [5.41, 5.74) is 1.26. The van der Waals surface area contributed by atoms with Crippen LogP contribution in [0.25, 0.3) is 11.5 Å². The highest BCUT2D eigenvalue weighted by molar-refractivity contribution is 7.89. The summed E-state index contributed by atoms with van der Waals surface area (Å²) in [7, 11) is -2.17. The zero-order valence-corrected chi connectivity index (χ0v) is 18.2. The number of hydrogen-bond acceptors (Lipinski definition) is 6. The van der Waals surface area contributed by atoms with Crippen LogP contribution in [0.2, 0.25) is 0 Å². The number of carbonyl (C=O) groups excluding carboxylic acids is 1. The average molecular weight is 442 g/mol. The largest absolute Gasteiger partial charge is 0.330 e. The molecule has 3 heterocycles. The number of aromatic nitrogens is 4. The summed E-state index contributed by atoms with van der Waals surface area (Å²) in [5.74, 6) is 1.17. The first-order valence-corrected chi connectivity index (χ1v) is 11.3. The van der Waals surface area contributed by atoms with Crippen molar-refractivity contribution in [3.05, 3.63) is 48.8 Å². The van der Waals surface area contributed by atoms with Crippen molar-refractivity contribution >= 4 is 27.6 Å². The quantitative estimate of drug-likeness (QED) is 0.628. The monoisotopic (exact) mass is 441 g/mol. The molecule has 162 valence electrons. The molecule has 1 aliphatic heterocycles. The first kappa shape index (κ1) is 20.9. The molecule has 0 spiro atoms. The lowest BCUT2D eigenvalue weighted by Crippen LogP contribution is -2.32. The van der Waals surface area contributed by atoms with Crippen molar-refractivity contribution in [1.82, 2.24) is 24.5 Å². The van der Waals surface area contributed by atoms with Crippen molar-refractivity contribution in [3.63, 3.8) is 0 Å². The molecule has 4 rings (SSSR count). The Morgan fingerprint density at radius 1 is 1.03 bits per heavy atom. The Morgan fingerprint density at radius 2 is 1.74 bits per heavy atom. The number of amides is 2. The minimum absolute atomic E-state index is 0.144. The van der Waals surface area contributed by atoms with Gasteiger partial charge in [0, 0.05) is 24.8 Å². The Hall–Kier alpha value is -3.31. The van der Waals surface area contributed by atoms with Crippen LogP contribution >= 0.6 is 0 Å². The van der Waals surface area contributed by atoms with Crippen LogP contribution < -0.4 is 14.5 Å². The molecule has 0 radical (unpaired) electrons. The van der Waals surface area contributed by atoms with Crippen LogP contribution in [0.3, 0.4) is 0 Å². The van der Waals surface area contributed by atoms with Gasteiger partial charge in [-0.15, -0.1) is 10.2 Å². The molecule has 31 heavy (non-hydrogen) atoms. The number of nitrogens with one attached hydrogen (secondary N) is 1. The fourth-order valence-corrected chi connectivity index (χ4v) is 4.14. The van der Waals surface area contributed by atoms with Crippen molar-refractivity contribution < 1.29 is 13.2 Å². The van der Waals surface area contributed by atoms with Crippen LogP contribution in [-0.4, -0.2) is 54.3 Å². The Balaban J connectivity index is 1.58. The summed E-state index contributed by atoms with van der Waals surface area (Å²) in [6, 6.07) is 11.6. The van der Waals surface area contributed by atoms with Gasteiger partial charge in [0.15, 0.2) is 5.82 Å². The smallest absolute Gasteiger partial charge is 0.310 e. The number of rotatable bonds is 6. The summed E-state index contributed by atoms with van der Waals surface area (Å²) in [5, 5.41) is 8.16. The van der Waals surface area contributed by atoms with Gasteiger partial charge in [-0.25, -0.2) is 22.9 Å². The topological polar surface area (TPSA) is 113 Å². The van der Waals surface area contributed by atoms with E-state index >= 15 is 0 Å². The predicted molar refractivity (Wildman–Crippen MR) is 116 cm³/mol. The molecule has 0 atom stereocenters. The zero-order valence-electron chi connectivity index (χ0n) is 17.4. The van der Waals surface area contributed by atoms with E-state index in [1.165, 1.54) is 19.2 Å². The van der Waals surface area contributed by atoms with Gasteiger partial charge in [0.1, 0.15) is 17.8 Å². The molecule has 1 aliphatic rings. The fourth-order valence-electron chi connectivity index (χ4n) is 3.41. The normalized spacial score (nSPS) is 14.6. The highest BCUT2D eigenvalue weighted by Gasteiger charge is 2.32. The van der Waals surface area contributed by atoms with Gasteiger partial charge in [0.25, 0.3) is 0 Å². The summed E-state index contributed by atoms with van der Waals surface area (Å²) in [6.07, 6.45) is 1.66. The van der Waals surface area contributed by atoms with Gasteiger partial charge in [-0.2, -0.15) is 0 Å². The summed E-state index contributed by atoms with van der Waals surface area (Å²) in [4.78, 5) is 21.0. The predicted octanol–water partition coefficient (Wildman–Crippen LogP) is 2.28. The minimum Gasteiger partial charge on any atom is -0.310 e. The summed E-state index contributed by atoms with van der Waals surface area (Å²) in [6.45, 7) is 4.99. The second-order valence-electron chi connectivity index (χ2n) is 7.32. The zero-order chi connectivity index (χ0) is 22.2. The third kappa shape index (κ3) is 3.89. The molecule has 0 aliphatic carbocycles. The van der Waals surface area contributed by atoms with E-state index in [1.54, 1.807) is 34.3 Å². The van der Waals surface area contributed by atoms with E-state index in [9.17, 15) is 13.2 Å². The maximum atomic E-state index is 13.1. The molecule has 1 aromatic carbocycles. The third-order valence-corrected chi connectivity index (χ3v) is 6.54. The number of hydrogen-bond donors (Lipinski definition) is 1. The SMILES string of the molecule is CNS(=O)(=O)c1ccc(N2CCN(c3cccc(-c4nncn4C(C)C)n3)C2=O)cc1. The number of urea groups is 1. The van der Waals surface area contributed by atoms with E-state index in [1.807, 2.05) is 30.5 Å². The molecule has 0 unspecified atom stereocenters. The molecule has 11 heteroatoms. The lowest BCUT2D eigenvalue weighted by atomic mass is 10.3. The number of nitrogens with zero attached hydrogens (tertiary/aromatic N) is 6. The van der Waals surface area contributed by atoms with Crippen LogP contribution in [0.5, 0.6) is 0 Å². The summed E-state index contributed by atoms with van der Waals surface area (Å²) < 4.78 is 28.0. The standard InChI is InChI=1S/C20H23N7O3S/c1-14(2)27-13-22-24-19(27)17-5-4-6-18(23-17)26-12-11-25(20(26)28)15-7-9-16(10-8-15)31(29,30)21-3/h4-10,13-14,21H,11-12H2,1-3H3. The van der Waals surface area contributed by atoms with E-state index < -0.39 is 10.0 Å². The fraction of sp³-hybridized carbons (Fsp3) is 0.300. The number of carbonyl (C=O) groups is 1. The molecule has 1 fully saturated rings. The van der Waals surface area contributed by atoms with Crippen LogP contribution in [0.1, 0.15) is 19.9 Å². The Bertz CT molecular complexity index is 1210. The van der Waals surface area contributed by atoms with E-state index in [0.29, 0.717) is 36.1 Å². The molecule has 3 aromatic rings. The molecule has 10 nitrogen and oxygen atoms in total. The number of anilines is 2. The number of sulfonamides is 1. The van der Waals surface area contributed by atoms with Crippen molar-refractivity contribution in [1.29, 1.82) is 0 Å². The first-order chi connectivity index (χ1) is 14.8. The number of pyridine rings is 1. The van der Waals surface area contributed by atoms with Crippen molar-refractivity contribution in [2.24, 2.45) is 0 Å². The van der Waals surface area contributed by atoms with E-state index in [-0.39, 0.29) is 17.0 Å². The molecule has 0 saturated carbocycles. The third-order valence-electron chi connectivity index (χ3n) is 5.11. The van der Waals surface area contributed by atoms with E-state index in [0.717, 1.165) is 0 Å². The number of benzene rings is 1. The van der Waals surface area contributed by atoms with Crippen LogP contribution in [0.15, 0.2) is 53.7 Å². The molecule has 1 N–H and O–H groups in total. The van der Waals surface area contributed by atoms with E-state index in [4.69, 9.17) is 0 Å². The van der Waals surface area contributed by atoms with Gasteiger partial charge >= 0.3 is 6.03 Å². The first-order valence-electron chi connectivity index (χ1n) is 9.81. The van der Waals surface area contributed by atoms with Crippen molar-refractivity contribution in [2.45, 2.75) is 24.8 Å². The van der Waals surface area contributed by atoms with E-state index in [2.05, 4.69) is 19.9 Å². The van der Waals surface area contributed by atoms with Gasteiger partial charge in [-0.3, -0.25) is 9.80 Å². The van der Waals surface area contributed by atoms with Crippen LogP contribution in [-0.2, 0) is 10.0 Å². The Labute approximate surface area is 180 Å². The van der Waals surface area contributed by atoms with Gasteiger partial charge in [0.05, 0.1) is 4.90 Å². The Morgan fingerprint density at radius 3 is 2.42 bits per heavy atom. The molecule has 1 saturated heterocycles. The van der Waals surface area contributed by atoms with Gasteiger partial charge in [-0.05, 0) is 57.3 Å².